The first-order valence-corrected chi connectivity index (χ1v) is 16.1. The van der Waals surface area contributed by atoms with Gasteiger partial charge in [0.15, 0.2) is 22.5 Å². The summed E-state index contributed by atoms with van der Waals surface area (Å²) in [6, 6.07) is 4.89. The van der Waals surface area contributed by atoms with Gasteiger partial charge in [-0.2, -0.15) is 0 Å². The van der Waals surface area contributed by atoms with Crippen molar-refractivity contribution < 1.29 is 14.6 Å². The van der Waals surface area contributed by atoms with Crippen molar-refractivity contribution >= 4 is 46.6 Å². The number of carbonyl (C=O) groups is 1. The van der Waals surface area contributed by atoms with Gasteiger partial charge in [-0.25, -0.2) is 15.0 Å². The molecule has 3 aliphatic heterocycles. The Morgan fingerprint density at radius 1 is 1.05 bits per heavy atom. The van der Waals surface area contributed by atoms with Crippen LogP contribution >= 0.6 is 23.2 Å². The quantitative estimate of drug-likeness (QED) is 0.332. The van der Waals surface area contributed by atoms with Crippen molar-refractivity contribution in [2.24, 2.45) is 0 Å². The number of aromatic nitrogens is 3. The van der Waals surface area contributed by atoms with E-state index in [1.54, 1.807) is 0 Å². The Hall–Kier alpha value is -2.48. The van der Waals surface area contributed by atoms with Crippen molar-refractivity contribution in [2.75, 3.05) is 87.7 Å². The Balaban J connectivity index is 1.20. The van der Waals surface area contributed by atoms with Crippen molar-refractivity contribution in [3.8, 4) is 0 Å². The van der Waals surface area contributed by atoms with Gasteiger partial charge in [-0.05, 0) is 38.4 Å². The van der Waals surface area contributed by atoms with Crippen LogP contribution in [-0.4, -0.2) is 120 Å². The second kappa shape index (κ2) is 15.0. The van der Waals surface area contributed by atoms with Crippen molar-refractivity contribution in [2.45, 2.75) is 51.2 Å². The van der Waals surface area contributed by atoms with Gasteiger partial charge in [0.2, 0.25) is 0 Å². The molecule has 14 heteroatoms. The number of nitrogens with two attached hydrogens (primary N) is 1. The van der Waals surface area contributed by atoms with Crippen LogP contribution < -0.4 is 20.9 Å². The van der Waals surface area contributed by atoms with E-state index in [9.17, 15) is 4.79 Å². The maximum absolute atomic E-state index is 12.3. The number of aliphatic hydroxyl groups excluding tert-OH is 1. The van der Waals surface area contributed by atoms with Crippen molar-refractivity contribution in [3.63, 3.8) is 0 Å². The molecule has 1 amide bonds. The number of carbonyl (C=O) groups excluding carboxylic acids is 1. The molecular formula is C29H43Cl2N9O3. The first-order chi connectivity index (χ1) is 20.9. The first-order valence-electron chi connectivity index (χ1n) is 15.3. The first kappa shape index (κ1) is 31.9. The molecule has 0 saturated carbocycles. The highest BCUT2D eigenvalue weighted by Gasteiger charge is 2.35. The highest BCUT2D eigenvalue weighted by Crippen LogP contribution is 2.31. The predicted molar refractivity (Wildman–Crippen MR) is 169 cm³/mol. The number of nitrogens with one attached hydrogen (secondary N) is 1. The molecule has 236 valence electrons. The number of morpholine rings is 1. The van der Waals surface area contributed by atoms with E-state index in [4.69, 9.17) is 43.8 Å². The number of ether oxygens (including phenoxy) is 1. The number of hydrogen-bond donors (Lipinski definition) is 3. The lowest BCUT2D eigenvalue weighted by molar-refractivity contribution is 0.0589. The number of piperidine rings is 1. The number of amides is 1. The molecule has 43 heavy (non-hydrogen) atoms. The largest absolute Gasteiger partial charge is 0.395 e. The molecule has 0 bridgehead atoms. The van der Waals surface area contributed by atoms with Gasteiger partial charge in [0.05, 0.1) is 19.8 Å². The Kier molecular flexibility index (Phi) is 11.1. The molecule has 3 fully saturated rings. The summed E-state index contributed by atoms with van der Waals surface area (Å²) in [5.74, 6) is 1.03. The molecule has 5 heterocycles. The van der Waals surface area contributed by atoms with Crippen LogP contribution in [0.4, 0.5) is 17.5 Å². The fourth-order valence-electron chi connectivity index (χ4n) is 6.45. The zero-order valence-electron chi connectivity index (χ0n) is 24.9. The van der Waals surface area contributed by atoms with E-state index in [-0.39, 0.29) is 29.8 Å². The molecule has 0 aromatic carbocycles. The third kappa shape index (κ3) is 7.79. The molecule has 2 aromatic rings. The number of aliphatic hydroxyl groups is 1. The molecular weight excluding hydrogens is 593 g/mol. The summed E-state index contributed by atoms with van der Waals surface area (Å²) in [5.41, 5.74) is 7.31. The van der Waals surface area contributed by atoms with Crippen LogP contribution in [0.3, 0.4) is 0 Å². The SMILES string of the molecule is CCC[C@H]1CN(c2nc(N)c(C(=O)NCCO)nc2Cl)CCN1C1CCN(Cc2ccc(Cl)nc2N2CCOCC2)CC1. The van der Waals surface area contributed by atoms with Crippen LogP contribution in [0.15, 0.2) is 12.1 Å². The topological polar surface area (TPSA) is 136 Å². The summed E-state index contributed by atoms with van der Waals surface area (Å²) < 4.78 is 5.54. The fourth-order valence-corrected chi connectivity index (χ4v) is 6.84. The monoisotopic (exact) mass is 635 g/mol. The average molecular weight is 637 g/mol. The number of pyridine rings is 1. The lowest BCUT2D eigenvalue weighted by Gasteiger charge is -2.48. The number of nitrogens with zero attached hydrogens (tertiary/aromatic N) is 7. The van der Waals surface area contributed by atoms with Gasteiger partial charge in [-0.15, -0.1) is 0 Å². The van der Waals surface area contributed by atoms with Gasteiger partial charge in [0.25, 0.3) is 5.91 Å². The van der Waals surface area contributed by atoms with Crippen LogP contribution in [-0.2, 0) is 11.3 Å². The number of anilines is 3. The number of piperazine rings is 1. The van der Waals surface area contributed by atoms with Crippen LogP contribution in [0.5, 0.6) is 0 Å². The third-order valence-electron chi connectivity index (χ3n) is 8.58. The molecule has 1 atom stereocenters. The Morgan fingerprint density at radius 2 is 1.81 bits per heavy atom. The summed E-state index contributed by atoms with van der Waals surface area (Å²) >= 11 is 12.8. The van der Waals surface area contributed by atoms with Crippen molar-refractivity contribution in [1.29, 1.82) is 0 Å². The number of rotatable bonds is 10. The van der Waals surface area contributed by atoms with Gasteiger partial charge in [-0.1, -0.05) is 42.6 Å². The second-order valence-electron chi connectivity index (χ2n) is 11.4. The molecule has 5 rings (SSSR count). The van der Waals surface area contributed by atoms with Gasteiger partial charge < -0.3 is 30.7 Å². The standard InChI is InChI=1S/C29H43Cl2N9O3/c1-2-3-22-19-39(28-25(31)35-24(26(32)36-28)29(42)33-8-15-41)11-12-40(22)21-6-9-37(10-7-21)18-20-4-5-23(30)34-27(20)38-13-16-43-17-14-38/h4-5,21-22,41H,2-3,6-19H2,1H3,(H2,32,36)(H,33,42)/t22-/m0/s1. The maximum Gasteiger partial charge on any atom is 0.273 e. The van der Waals surface area contributed by atoms with Crippen LogP contribution in [0.1, 0.15) is 48.7 Å². The highest BCUT2D eigenvalue weighted by atomic mass is 35.5. The van der Waals surface area contributed by atoms with Crippen molar-refractivity contribution in [3.05, 3.63) is 33.7 Å². The minimum atomic E-state index is -0.503. The van der Waals surface area contributed by atoms with E-state index < -0.39 is 5.91 Å². The van der Waals surface area contributed by atoms with E-state index in [2.05, 4.69) is 47.9 Å². The normalized spacial score (nSPS) is 20.9. The van der Waals surface area contributed by atoms with E-state index in [1.807, 2.05) is 6.07 Å². The number of halogens is 2. The molecule has 4 N–H and O–H groups in total. The summed E-state index contributed by atoms with van der Waals surface area (Å²) in [6.07, 6.45) is 4.37. The summed E-state index contributed by atoms with van der Waals surface area (Å²) in [5, 5.41) is 12.2. The number of likely N-dealkylation sites (tertiary alicyclic amines) is 1. The summed E-state index contributed by atoms with van der Waals surface area (Å²) in [6.45, 7) is 10.6. The van der Waals surface area contributed by atoms with Gasteiger partial charge in [-0.3, -0.25) is 14.6 Å². The van der Waals surface area contributed by atoms with E-state index >= 15 is 0 Å². The van der Waals surface area contributed by atoms with Crippen LogP contribution in [0, 0.1) is 0 Å². The Labute approximate surface area is 263 Å². The highest BCUT2D eigenvalue weighted by molar-refractivity contribution is 6.32. The van der Waals surface area contributed by atoms with E-state index in [1.165, 1.54) is 5.56 Å². The van der Waals surface area contributed by atoms with E-state index in [0.717, 1.165) is 83.9 Å². The maximum atomic E-state index is 12.3. The Morgan fingerprint density at radius 3 is 2.53 bits per heavy atom. The number of nitrogen functional groups attached to an aromatic ring is 1. The second-order valence-corrected chi connectivity index (χ2v) is 12.1. The lowest BCUT2D eigenvalue weighted by atomic mass is 9.97. The van der Waals surface area contributed by atoms with Crippen LogP contribution in [0.2, 0.25) is 10.3 Å². The molecule has 0 radical (unpaired) electrons. The predicted octanol–water partition coefficient (Wildman–Crippen LogP) is 2.27. The van der Waals surface area contributed by atoms with Gasteiger partial charge >= 0.3 is 0 Å². The Bertz CT molecular complexity index is 1240. The fraction of sp³-hybridized carbons (Fsp3) is 0.655. The zero-order valence-corrected chi connectivity index (χ0v) is 26.4. The molecule has 0 spiro atoms. The molecule has 0 unspecified atom stereocenters. The lowest BCUT2D eigenvalue weighted by Crippen LogP contribution is -2.58. The molecule has 2 aromatic heterocycles. The minimum Gasteiger partial charge on any atom is -0.395 e. The molecule has 12 nitrogen and oxygen atoms in total. The van der Waals surface area contributed by atoms with Gasteiger partial charge in [0.1, 0.15) is 11.0 Å². The summed E-state index contributed by atoms with van der Waals surface area (Å²) in [4.78, 5) is 35.4. The van der Waals surface area contributed by atoms with Crippen molar-refractivity contribution in [1.82, 2.24) is 30.1 Å². The average Bonchev–Trinajstić information content (AvgIpc) is 3.02. The van der Waals surface area contributed by atoms with Gasteiger partial charge in [0, 0.05) is 63.5 Å². The zero-order chi connectivity index (χ0) is 30.3. The third-order valence-corrected chi connectivity index (χ3v) is 9.04. The minimum absolute atomic E-state index is 0.0239. The van der Waals surface area contributed by atoms with E-state index in [0.29, 0.717) is 36.3 Å². The smallest absolute Gasteiger partial charge is 0.273 e. The summed E-state index contributed by atoms with van der Waals surface area (Å²) in [7, 11) is 0. The molecule has 3 saturated heterocycles. The molecule has 0 aliphatic carbocycles. The molecule has 3 aliphatic rings. The van der Waals surface area contributed by atoms with Crippen LogP contribution in [0.25, 0.3) is 0 Å². The number of hydrogen-bond acceptors (Lipinski definition) is 11.